The van der Waals surface area contributed by atoms with Gasteiger partial charge in [-0.1, -0.05) is 29.6 Å². The van der Waals surface area contributed by atoms with Gasteiger partial charge in [0, 0.05) is 23.2 Å². The topological polar surface area (TPSA) is 32.3 Å². The average molecular weight is 288 g/mol. The maximum absolute atomic E-state index is 9.27. The highest BCUT2D eigenvalue weighted by Gasteiger charge is 2.25. The molecule has 0 heterocycles. The lowest BCUT2D eigenvalue weighted by molar-refractivity contribution is 0.192. The molecule has 0 spiro atoms. The molecule has 0 radical (unpaired) electrons. The first-order chi connectivity index (χ1) is 8.70. The van der Waals surface area contributed by atoms with Crippen molar-refractivity contribution < 1.29 is 5.11 Å². The molecule has 0 aromatic heterocycles. The smallest absolute Gasteiger partial charge is 0.0462 e. The second kappa shape index (κ2) is 6.76. The van der Waals surface area contributed by atoms with Gasteiger partial charge < -0.3 is 10.4 Å². The SMILES string of the molecule is OCC1CCCC1CNCc1cc(Cl)ccc1Cl. The maximum atomic E-state index is 9.27. The molecule has 1 aromatic carbocycles. The second-order valence-electron chi connectivity index (χ2n) is 5.00. The van der Waals surface area contributed by atoms with Crippen molar-refractivity contribution in [1.82, 2.24) is 5.32 Å². The van der Waals surface area contributed by atoms with Crippen LogP contribution >= 0.6 is 23.2 Å². The van der Waals surface area contributed by atoms with Crippen molar-refractivity contribution in [3.8, 4) is 0 Å². The Morgan fingerprint density at radius 1 is 1.22 bits per heavy atom. The summed E-state index contributed by atoms with van der Waals surface area (Å²) in [6.07, 6.45) is 3.60. The molecule has 1 saturated carbocycles. The Morgan fingerprint density at radius 2 is 2.00 bits per heavy atom. The number of aliphatic hydroxyl groups excluding tert-OH is 1. The van der Waals surface area contributed by atoms with Crippen LogP contribution in [-0.2, 0) is 6.54 Å². The standard InChI is InChI=1S/C14H19Cl2NO/c15-13-4-5-14(16)12(6-13)8-17-7-10-2-1-3-11(10)9-18/h4-6,10-11,17-18H,1-3,7-9H2. The van der Waals surface area contributed by atoms with Crippen molar-refractivity contribution in [3.05, 3.63) is 33.8 Å². The molecule has 1 aliphatic rings. The minimum absolute atomic E-state index is 0.310. The van der Waals surface area contributed by atoms with Crippen LogP contribution in [0.5, 0.6) is 0 Å². The van der Waals surface area contributed by atoms with Gasteiger partial charge in [0.2, 0.25) is 0 Å². The Labute approximate surface area is 118 Å². The molecule has 0 aliphatic heterocycles. The van der Waals surface area contributed by atoms with Crippen molar-refractivity contribution in [2.45, 2.75) is 25.8 Å². The lowest BCUT2D eigenvalue weighted by atomic mass is 9.97. The second-order valence-corrected chi connectivity index (χ2v) is 5.84. The molecular formula is C14H19Cl2NO. The van der Waals surface area contributed by atoms with Gasteiger partial charge in [0.15, 0.2) is 0 Å². The molecule has 0 bridgehead atoms. The van der Waals surface area contributed by atoms with Gasteiger partial charge in [-0.05, 0) is 55.0 Å². The number of hydrogen-bond acceptors (Lipinski definition) is 2. The largest absolute Gasteiger partial charge is 0.396 e. The Balaban J connectivity index is 1.83. The van der Waals surface area contributed by atoms with Crippen molar-refractivity contribution in [2.75, 3.05) is 13.2 Å². The highest BCUT2D eigenvalue weighted by molar-refractivity contribution is 6.33. The summed E-state index contributed by atoms with van der Waals surface area (Å²) in [5, 5.41) is 14.1. The van der Waals surface area contributed by atoms with Crippen LogP contribution in [0.25, 0.3) is 0 Å². The zero-order valence-corrected chi connectivity index (χ0v) is 11.8. The van der Waals surface area contributed by atoms with Crippen molar-refractivity contribution in [1.29, 1.82) is 0 Å². The van der Waals surface area contributed by atoms with E-state index in [-0.39, 0.29) is 0 Å². The number of halogens is 2. The van der Waals surface area contributed by atoms with Gasteiger partial charge in [-0.15, -0.1) is 0 Å². The fourth-order valence-corrected chi connectivity index (χ4v) is 3.07. The van der Waals surface area contributed by atoms with E-state index >= 15 is 0 Å². The molecular weight excluding hydrogens is 269 g/mol. The van der Waals surface area contributed by atoms with E-state index < -0.39 is 0 Å². The van der Waals surface area contributed by atoms with Crippen LogP contribution in [-0.4, -0.2) is 18.3 Å². The van der Waals surface area contributed by atoms with Crippen LogP contribution in [0.1, 0.15) is 24.8 Å². The zero-order valence-electron chi connectivity index (χ0n) is 10.3. The van der Waals surface area contributed by atoms with Crippen LogP contribution in [0.4, 0.5) is 0 Å². The normalized spacial score (nSPS) is 23.5. The molecule has 0 saturated heterocycles. The lowest BCUT2D eigenvalue weighted by Gasteiger charge is -2.18. The molecule has 2 nitrogen and oxygen atoms in total. The summed E-state index contributed by atoms with van der Waals surface area (Å²) in [7, 11) is 0. The van der Waals surface area contributed by atoms with Crippen LogP contribution in [0.15, 0.2) is 18.2 Å². The summed E-state index contributed by atoms with van der Waals surface area (Å²) in [4.78, 5) is 0. The fourth-order valence-electron chi connectivity index (χ4n) is 2.69. The van der Waals surface area contributed by atoms with E-state index in [2.05, 4.69) is 5.32 Å². The third-order valence-corrected chi connectivity index (χ3v) is 4.38. The molecule has 100 valence electrons. The highest BCUT2D eigenvalue weighted by Crippen LogP contribution is 2.30. The summed E-state index contributed by atoms with van der Waals surface area (Å²) < 4.78 is 0. The number of hydrogen-bond donors (Lipinski definition) is 2. The first-order valence-corrected chi connectivity index (χ1v) is 7.22. The van der Waals surface area contributed by atoms with E-state index in [0.717, 1.165) is 30.1 Å². The van der Waals surface area contributed by atoms with Gasteiger partial charge in [0.05, 0.1) is 0 Å². The van der Waals surface area contributed by atoms with Gasteiger partial charge >= 0.3 is 0 Å². The minimum Gasteiger partial charge on any atom is -0.396 e. The monoisotopic (exact) mass is 287 g/mol. The third kappa shape index (κ3) is 3.61. The van der Waals surface area contributed by atoms with E-state index in [9.17, 15) is 5.11 Å². The van der Waals surface area contributed by atoms with E-state index in [1.165, 1.54) is 12.8 Å². The average Bonchev–Trinajstić information content (AvgIpc) is 2.81. The Bertz CT molecular complexity index is 397. The van der Waals surface area contributed by atoms with Gasteiger partial charge in [0.1, 0.15) is 0 Å². The predicted octanol–water partition coefficient (Wildman–Crippen LogP) is 3.49. The number of rotatable bonds is 5. The molecule has 4 heteroatoms. The van der Waals surface area contributed by atoms with E-state index in [1.807, 2.05) is 12.1 Å². The first-order valence-electron chi connectivity index (χ1n) is 6.46. The van der Waals surface area contributed by atoms with Crippen LogP contribution < -0.4 is 5.32 Å². The Hall–Kier alpha value is -0.280. The molecule has 2 unspecified atom stereocenters. The molecule has 1 aliphatic carbocycles. The zero-order chi connectivity index (χ0) is 13.0. The molecule has 2 rings (SSSR count). The van der Waals surface area contributed by atoms with E-state index in [4.69, 9.17) is 23.2 Å². The van der Waals surface area contributed by atoms with Crippen molar-refractivity contribution >= 4 is 23.2 Å². The predicted molar refractivity (Wildman–Crippen MR) is 76.1 cm³/mol. The molecule has 0 amide bonds. The lowest BCUT2D eigenvalue weighted by Crippen LogP contribution is -2.26. The summed E-state index contributed by atoms with van der Waals surface area (Å²) in [5.41, 5.74) is 1.03. The van der Waals surface area contributed by atoms with Crippen LogP contribution in [0, 0.1) is 11.8 Å². The van der Waals surface area contributed by atoms with Gasteiger partial charge in [-0.25, -0.2) is 0 Å². The third-order valence-electron chi connectivity index (χ3n) is 3.78. The van der Waals surface area contributed by atoms with Crippen LogP contribution in [0.2, 0.25) is 10.0 Å². The fraction of sp³-hybridized carbons (Fsp3) is 0.571. The Morgan fingerprint density at radius 3 is 2.78 bits per heavy atom. The van der Waals surface area contributed by atoms with Crippen LogP contribution in [0.3, 0.4) is 0 Å². The van der Waals surface area contributed by atoms with Gasteiger partial charge in [0.25, 0.3) is 0 Å². The summed E-state index contributed by atoms with van der Waals surface area (Å²) in [5.74, 6) is 1.06. The summed E-state index contributed by atoms with van der Waals surface area (Å²) in [6, 6.07) is 5.52. The molecule has 2 N–H and O–H groups in total. The van der Waals surface area contributed by atoms with E-state index in [1.54, 1.807) is 6.07 Å². The van der Waals surface area contributed by atoms with Crippen molar-refractivity contribution in [2.24, 2.45) is 11.8 Å². The minimum atomic E-state index is 0.310. The van der Waals surface area contributed by atoms with Gasteiger partial charge in [-0.2, -0.15) is 0 Å². The Kier molecular flexibility index (Phi) is 5.31. The molecule has 1 aromatic rings. The molecule has 2 atom stereocenters. The maximum Gasteiger partial charge on any atom is 0.0462 e. The van der Waals surface area contributed by atoms with Crippen molar-refractivity contribution in [3.63, 3.8) is 0 Å². The molecule has 1 fully saturated rings. The van der Waals surface area contributed by atoms with Gasteiger partial charge in [-0.3, -0.25) is 0 Å². The first kappa shape index (κ1) is 14.1. The summed E-state index contributed by atoms with van der Waals surface area (Å²) >= 11 is 12.1. The van der Waals surface area contributed by atoms with E-state index in [0.29, 0.717) is 23.5 Å². The number of benzene rings is 1. The summed E-state index contributed by atoms with van der Waals surface area (Å²) in [6.45, 7) is 1.98. The highest BCUT2D eigenvalue weighted by atomic mass is 35.5. The quantitative estimate of drug-likeness (QED) is 0.869. The number of nitrogens with one attached hydrogen (secondary N) is 1. The molecule has 18 heavy (non-hydrogen) atoms. The number of aliphatic hydroxyl groups is 1.